The fraction of sp³-hybridized carbons (Fsp3) is 0.900. The minimum atomic E-state index is -0.120. The molecule has 8 unspecified atom stereocenters. The van der Waals surface area contributed by atoms with Crippen LogP contribution in [-0.4, -0.2) is 22.4 Å². The van der Waals surface area contributed by atoms with Gasteiger partial charge in [0.15, 0.2) is 0 Å². The first-order valence-corrected chi connectivity index (χ1v) is 9.43. The molecule has 3 fully saturated rings. The Kier molecular flexibility index (Phi) is 5.23. The number of aliphatic hydroxyl groups excluding tert-OH is 2. The average Bonchev–Trinajstić information content (AvgIpc) is 2.77. The van der Waals surface area contributed by atoms with Crippen molar-refractivity contribution >= 4 is 0 Å². The smallest absolute Gasteiger partial charge is 0.0596 e. The third-order valence-corrected chi connectivity index (χ3v) is 8.36. The second-order valence-electron chi connectivity index (χ2n) is 9.29. The van der Waals surface area contributed by atoms with Gasteiger partial charge in [0, 0.05) is 44.1 Å². The molecular weight excluding hydrogens is 499 g/mol. The molecule has 127 valence electrons. The van der Waals surface area contributed by atoms with E-state index in [1.54, 1.807) is 5.57 Å². The van der Waals surface area contributed by atoms with Crippen molar-refractivity contribution in [3.63, 3.8) is 0 Å². The van der Waals surface area contributed by atoms with Crippen LogP contribution in [0.2, 0.25) is 0 Å². The first-order valence-electron chi connectivity index (χ1n) is 9.43. The van der Waals surface area contributed by atoms with Crippen LogP contribution in [0.25, 0.3) is 0 Å². The van der Waals surface area contributed by atoms with E-state index in [9.17, 15) is 10.2 Å². The molecule has 3 saturated carbocycles. The molecule has 0 heterocycles. The van der Waals surface area contributed by atoms with E-state index in [-0.39, 0.29) is 61.7 Å². The molecule has 0 aromatic rings. The third kappa shape index (κ3) is 2.67. The van der Waals surface area contributed by atoms with Crippen molar-refractivity contribution in [2.45, 2.75) is 77.9 Å². The molecule has 4 aliphatic carbocycles. The molecule has 0 bridgehead atoms. The largest absolute Gasteiger partial charge is 0.393 e. The van der Waals surface area contributed by atoms with Gasteiger partial charge in [0.05, 0.1) is 12.2 Å². The molecule has 2 N–H and O–H groups in total. The Hall–Kier alpha value is 1.10. The summed E-state index contributed by atoms with van der Waals surface area (Å²) < 4.78 is 0. The van der Waals surface area contributed by atoms with E-state index in [1.165, 1.54) is 19.3 Å². The molecule has 0 saturated heterocycles. The van der Waals surface area contributed by atoms with Crippen molar-refractivity contribution in [3.8, 4) is 0 Å². The van der Waals surface area contributed by atoms with Gasteiger partial charge in [-0.2, -0.15) is 0 Å². The van der Waals surface area contributed by atoms with Crippen LogP contribution in [0.1, 0.15) is 65.7 Å². The standard InChI is InChI=1S/C20H32O2.Ac/c1-12-10-13-11-14(21)6-8-19(13,2)16-7-9-20(3)15(18(12)16)4-5-17(20)22;/h10,12,14-18,21-22H,4-9,11H2,1-3H3;. The quantitative estimate of drug-likeness (QED) is 0.466. The minimum absolute atomic E-state index is 0. The van der Waals surface area contributed by atoms with Crippen molar-refractivity contribution in [1.29, 1.82) is 0 Å². The predicted octanol–water partition coefficient (Wildman–Crippen LogP) is 3.92. The van der Waals surface area contributed by atoms with E-state index in [4.69, 9.17) is 0 Å². The molecule has 3 heteroatoms. The fourth-order valence-electron chi connectivity index (χ4n) is 6.97. The Bertz CT molecular complexity index is 504. The van der Waals surface area contributed by atoms with Gasteiger partial charge < -0.3 is 10.2 Å². The molecular formula is C20H32AcO2. The molecule has 4 aliphatic rings. The summed E-state index contributed by atoms with van der Waals surface area (Å²) in [6.45, 7) is 7.22. The number of hydrogen-bond donors (Lipinski definition) is 2. The predicted molar refractivity (Wildman–Crippen MR) is 88.3 cm³/mol. The Labute approximate surface area is 177 Å². The second kappa shape index (κ2) is 6.37. The summed E-state index contributed by atoms with van der Waals surface area (Å²) in [7, 11) is 0. The molecule has 0 aromatic heterocycles. The van der Waals surface area contributed by atoms with Gasteiger partial charge in [0.1, 0.15) is 0 Å². The maximum absolute atomic E-state index is 10.5. The SMILES string of the molecule is CC1C=C2CC(O)CCC2(C)C2CCC3(C)C(O)CCC3C12.[Ac]. The topological polar surface area (TPSA) is 40.5 Å². The van der Waals surface area contributed by atoms with Crippen LogP contribution in [0.4, 0.5) is 0 Å². The number of rotatable bonds is 0. The van der Waals surface area contributed by atoms with Crippen LogP contribution >= 0.6 is 0 Å². The molecule has 1 radical (unpaired) electrons. The number of hydrogen-bond acceptors (Lipinski definition) is 2. The van der Waals surface area contributed by atoms with Crippen molar-refractivity contribution in [3.05, 3.63) is 11.6 Å². The fourth-order valence-corrected chi connectivity index (χ4v) is 6.97. The Balaban J connectivity index is 0.00000156. The summed E-state index contributed by atoms with van der Waals surface area (Å²) in [6.07, 6.45) is 10.0. The number of fused-ring (bicyclic) bond motifs is 5. The summed E-state index contributed by atoms with van der Waals surface area (Å²) in [5, 5.41) is 20.6. The maximum atomic E-state index is 10.5. The van der Waals surface area contributed by atoms with Crippen molar-refractivity contribution < 1.29 is 54.3 Å². The van der Waals surface area contributed by atoms with E-state index in [0.29, 0.717) is 17.3 Å². The van der Waals surface area contributed by atoms with Crippen molar-refractivity contribution in [1.82, 2.24) is 0 Å². The summed E-state index contributed by atoms with van der Waals surface area (Å²) in [4.78, 5) is 0. The average molecular weight is 531 g/mol. The van der Waals surface area contributed by atoms with Gasteiger partial charge >= 0.3 is 0 Å². The van der Waals surface area contributed by atoms with Gasteiger partial charge in [-0.25, -0.2) is 0 Å². The van der Waals surface area contributed by atoms with Gasteiger partial charge in [-0.05, 0) is 79.4 Å². The first kappa shape index (κ1) is 18.9. The third-order valence-electron chi connectivity index (χ3n) is 8.36. The Morgan fingerprint density at radius 2 is 1.74 bits per heavy atom. The molecule has 0 spiro atoms. The second-order valence-corrected chi connectivity index (χ2v) is 9.29. The summed E-state index contributed by atoms with van der Waals surface area (Å²) in [5.41, 5.74) is 2.01. The maximum Gasteiger partial charge on any atom is 0.0596 e. The van der Waals surface area contributed by atoms with Gasteiger partial charge in [-0.1, -0.05) is 32.4 Å². The zero-order valence-electron chi connectivity index (χ0n) is 15.0. The molecule has 0 aliphatic heterocycles. The normalized spacial score (nSPS) is 55.1. The zero-order chi connectivity index (χ0) is 15.7. The van der Waals surface area contributed by atoms with E-state index >= 15 is 0 Å². The van der Waals surface area contributed by atoms with Crippen LogP contribution in [0.3, 0.4) is 0 Å². The monoisotopic (exact) mass is 531 g/mol. The molecule has 23 heavy (non-hydrogen) atoms. The van der Waals surface area contributed by atoms with E-state index in [1.807, 2.05) is 0 Å². The van der Waals surface area contributed by atoms with Crippen LogP contribution in [0.5, 0.6) is 0 Å². The van der Waals surface area contributed by atoms with Crippen LogP contribution in [0, 0.1) is 78.6 Å². The van der Waals surface area contributed by atoms with Crippen molar-refractivity contribution in [2.24, 2.45) is 34.5 Å². The zero-order valence-corrected chi connectivity index (χ0v) is 19.7. The van der Waals surface area contributed by atoms with Crippen LogP contribution in [0.15, 0.2) is 11.6 Å². The first-order chi connectivity index (χ1) is 10.4. The van der Waals surface area contributed by atoms with Crippen LogP contribution < -0.4 is 0 Å². The van der Waals surface area contributed by atoms with Crippen LogP contribution in [-0.2, 0) is 0 Å². The minimum Gasteiger partial charge on any atom is -0.393 e. The molecule has 0 amide bonds. The summed E-state index contributed by atoms with van der Waals surface area (Å²) in [5.74, 6) is 2.80. The van der Waals surface area contributed by atoms with E-state index < -0.39 is 0 Å². The molecule has 4 rings (SSSR count). The Morgan fingerprint density at radius 3 is 2.48 bits per heavy atom. The molecule has 2 nitrogen and oxygen atoms in total. The van der Waals surface area contributed by atoms with Gasteiger partial charge in [-0.15, -0.1) is 0 Å². The van der Waals surface area contributed by atoms with Gasteiger partial charge in [0.25, 0.3) is 0 Å². The van der Waals surface area contributed by atoms with E-state index in [2.05, 4.69) is 26.8 Å². The molecule has 8 atom stereocenters. The summed E-state index contributed by atoms with van der Waals surface area (Å²) in [6, 6.07) is 0. The number of allylic oxidation sites excluding steroid dienone is 1. The van der Waals surface area contributed by atoms with Gasteiger partial charge in [-0.3, -0.25) is 0 Å². The Morgan fingerprint density at radius 1 is 1.00 bits per heavy atom. The number of aliphatic hydroxyl groups is 2. The summed E-state index contributed by atoms with van der Waals surface area (Å²) >= 11 is 0. The molecule has 0 aromatic carbocycles. The van der Waals surface area contributed by atoms with E-state index in [0.717, 1.165) is 37.5 Å². The van der Waals surface area contributed by atoms with Crippen molar-refractivity contribution in [2.75, 3.05) is 0 Å². The van der Waals surface area contributed by atoms with Gasteiger partial charge in [0.2, 0.25) is 0 Å².